The maximum absolute atomic E-state index is 11.7. The van der Waals surface area contributed by atoms with Crippen LogP contribution in [0.4, 0.5) is 5.82 Å². The number of aryl methyl sites for hydroxylation is 1. The Hall–Kier alpha value is -1.58. The molecule has 0 bridgehead atoms. The molecule has 140 valence electrons. The number of thioether (sulfide) groups is 1. The SMILES string of the molecule is Cc1cc(NC(=O)CSCC(=O)NCCCCN2CCOCC2)no1. The van der Waals surface area contributed by atoms with Crippen LogP contribution in [0, 0.1) is 6.92 Å². The topological polar surface area (TPSA) is 96.7 Å². The second-order valence-electron chi connectivity index (χ2n) is 5.87. The van der Waals surface area contributed by atoms with Crippen molar-refractivity contribution in [3.05, 3.63) is 11.8 Å². The molecule has 2 rings (SSSR count). The van der Waals surface area contributed by atoms with Crippen molar-refractivity contribution >= 4 is 29.4 Å². The van der Waals surface area contributed by atoms with E-state index < -0.39 is 0 Å². The summed E-state index contributed by atoms with van der Waals surface area (Å²) in [6, 6.07) is 1.65. The molecule has 0 unspecified atom stereocenters. The molecule has 0 aliphatic carbocycles. The first-order chi connectivity index (χ1) is 12.1. The van der Waals surface area contributed by atoms with E-state index >= 15 is 0 Å². The molecular formula is C16H26N4O4S. The van der Waals surface area contributed by atoms with E-state index in [9.17, 15) is 9.59 Å². The number of hydrogen-bond donors (Lipinski definition) is 2. The third kappa shape index (κ3) is 8.37. The Morgan fingerprint density at radius 2 is 2.00 bits per heavy atom. The summed E-state index contributed by atoms with van der Waals surface area (Å²) in [6.07, 6.45) is 2.02. The standard InChI is InChI=1S/C16H26N4O4S/c1-13-10-14(19-24-13)18-16(22)12-25-11-15(21)17-4-2-3-5-20-6-8-23-9-7-20/h10H,2-9,11-12H2,1H3,(H,17,21)(H,18,19,22). The molecule has 1 saturated heterocycles. The van der Waals surface area contributed by atoms with E-state index in [0.29, 0.717) is 18.1 Å². The Kier molecular flexibility index (Phi) is 8.78. The van der Waals surface area contributed by atoms with Gasteiger partial charge < -0.3 is 19.9 Å². The number of nitrogens with zero attached hydrogens (tertiary/aromatic N) is 2. The molecule has 1 fully saturated rings. The van der Waals surface area contributed by atoms with E-state index in [1.54, 1.807) is 13.0 Å². The molecule has 2 amide bonds. The van der Waals surface area contributed by atoms with Crippen LogP contribution in [0.15, 0.2) is 10.6 Å². The number of carbonyl (C=O) groups excluding carboxylic acids is 2. The van der Waals surface area contributed by atoms with Crippen LogP contribution in [-0.2, 0) is 14.3 Å². The zero-order chi connectivity index (χ0) is 17.9. The molecule has 25 heavy (non-hydrogen) atoms. The van der Waals surface area contributed by atoms with E-state index in [1.807, 2.05) is 0 Å². The van der Waals surface area contributed by atoms with Crippen LogP contribution in [0.3, 0.4) is 0 Å². The summed E-state index contributed by atoms with van der Waals surface area (Å²) < 4.78 is 10.2. The van der Waals surface area contributed by atoms with Gasteiger partial charge in [-0.2, -0.15) is 0 Å². The third-order valence-corrected chi connectivity index (χ3v) is 4.62. The number of amides is 2. The minimum absolute atomic E-state index is 0.0403. The van der Waals surface area contributed by atoms with Crippen molar-refractivity contribution in [1.82, 2.24) is 15.4 Å². The second-order valence-corrected chi connectivity index (χ2v) is 6.86. The lowest BCUT2D eigenvalue weighted by molar-refractivity contribution is -0.118. The highest BCUT2D eigenvalue weighted by Crippen LogP contribution is 2.08. The Labute approximate surface area is 152 Å². The van der Waals surface area contributed by atoms with Gasteiger partial charge in [-0.05, 0) is 26.3 Å². The fraction of sp³-hybridized carbons (Fsp3) is 0.688. The average Bonchev–Trinajstić information content (AvgIpc) is 3.00. The quantitative estimate of drug-likeness (QED) is 0.590. The van der Waals surface area contributed by atoms with E-state index in [1.165, 1.54) is 11.8 Å². The maximum Gasteiger partial charge on any atom is 0.235 e. The summed E-state index contributed by atoms with van der Waals surface area (Å²) in [6.45, 7) is 7.11. The molecule has 0 aromatic carbocycles. The minimum atomic E-state index is -0.198. The van der Waals surface area contributed by atoms with Crippen molar-refractivity contribution < 1.29 is 18.8 Å². The predicted octanol–water partition coefficient (Wildman–Crippen LogP) is 0.883. The number of ether oxygens (including phenoxy) is 1. The van der Waals surface area contributed by atoms with Gasteiger partial charge >= 0.3 is 0 Å². The second kappa shape index (κ2) is 11.1. The number of aromatic nitrogens is 1. The first-order valence-corrected chi connectivity index (χ1v) is 9.66. The average molecular weight is 370 g/mol. The Bertz CT molecular complexity index is 546. The van der Waals surface area contributed by atoms with Gasteiger partial charge in [-0.15, -0.1) is 11.8 Å². The van der Waals surface area contributed by atoms with Crippen LogP contribution in [0.2, 0.25) is 0 Å². The molecule has 1 aliphatic heterocycles. The van der Waals surface area contributed by atoms with Crippen molar-refractivity contribution in [3.8, 4) is 0 Å². The normalized spacial score (nSPS) is 15.1. The third-order valence-electron chi connectivity index (χ3n) is 3.69. The van der Waals surface area contributed by atoms with Gasteiger partial charge in [-0.1, -0.05) is 5.16 Å². The van der Waals surface area contributed by atoms with Crippen molar-refractivity contribution in [2.45, 2.75) is 19.8 Å². The highest BCUT2D eigenvalue weighted by atomic mass is 32.2. The Morgan fingerprint density at radius 1 is 1.24 bits per heavy atom. The van der Waals surface area contributed by atoms with Gasteiger partial charge in [0.2, 0.25) is 11.8 Å². The number of nitrogens with one attached hydrogen (secondary N) is 2. The fourth-order valence-corrected chi connectivity index (χ4v) is 3.05. The van der Waals surface area contributed by atoms with Gasteiger partial charge in [0.25, 0.3) is 0 Å². The summed E-state index contributed by atoms with van der Waals surface area (Å²) >= 11 is 1.28. The molecule has 0 radical (unpaired) electrons. The van der Waals surface area contributed by atoms with E-state index in [4.69, 9.17) is 9.26 Å². The van der Waals surface area contributed by atoms with Crippen LogP contribution >= 0.6 is 11.8 Å². The van der Waals surface area contributed by atoms with Crippen LogP contribution in [-0.4, -0.2) is 72.8 Å². The van der Waals surface area contributed by atoms with Crippen LogP contribution in [0.1, 0.15) is 18.6 Å². The van der Waals surface area contributed by atoms with Gasteiger partial charge in [0, 0.05) is 25.7 Å². The summed E-state index contributed by atoms with van der Waals surface area (Å²) in [5.74, 6) is 1.27. The molecule has 1 aliphatic rings. The monoisotopic (exact) mass is 370 g/mol. The smallest absolute Gasteiger partial charge is 0.235 e. The minimum Gasteiger partial charge on any atom is -0.379 e. The first-order valence-electron chi connectivity index (χ1n) is 8.51. The molecule has 2 N–H and O–H groups in total. The molecule has 1 aromatic heterocycles. The number of anilines is 1. The van der Waals surface area contributed by atoms with E-state index in [-0.39, 0.29) is 23.3 Å². The highest BCUT2D eigenvalue weighted by Gasteiger charge is 2.10. The number of unbranched alkanes of at least 4 members (excludes halogenated alkanes) is 1. The number of rotatable bonds is 10. The summed E-state index contributed by atoms with van der Waals surface area (Å²) in [5, 5.41) is 9.19. The first kappa shape index (κ1) is 19.7. The molecule has 2 heterocycles. The lowest BCUT2D eigenvalue weighted by Gasteiger charge is -2.26. The fourth-order valence-electron chi connectivity index (χ4n) is 2.40. The van der Waals surface area contributed by atoms with Gasteiger partial charge in [0.05, 0.1) is 24.7 Å². The van der Waals surface area contributed by atoms with E-state index in [2.05, 4.69) is 20.7 Å². The van der Waals surface area contributed by atoms with Crippen LogP contribution in [0.25, 0.3) is 0 Å². The van der Waals surface area contributed by atoms with Crippen molar-refractivity contribution in [2.75, 3.05) is 56.2 Å². The number of morpholine rings is 1. The lowest BCUT2D eigenvalue weighted by Crippen LogP contribution is -2.37. The van der Waals surface area contributed by atoms with Gasteiger partial charge in [-0.25, -0.2) is 0 Å². The van der Waals surface area contributed by atoms with Gasteiger partial charge in [0.1, 0.15) is 5.76 Å². The molecule has 8 nitrogen and oxygen atoms in total. The van der Waals surface area contributed by atoms with Gasteiger partial charge in [0.15, 0.2) is 5.82 Å². The maximum atomic E-state index is 11.7. The summed E-state index contributed by atoms with van der Waals surface area (Å²) in [4.78, 5) is 25.8. The lowest BCUT2D eigenvalue weighted by atomic mass is 10.2. The predicted molar refractivity (Wildman–Crippen MR) is 96.7 cm³/mol. The zero-order valence-corrected chi connectivity index (χ0v) is 15.4. The largest absolute Gasteiger partial charge is 0.379 e. The number of carbonyl (C=O) groups is 2. The van der Waals surface area contributed by atoms with Crippen molar-refractivity contribution in [1.29, 1.82) is 0 Å². The highest BCUT2D eigenvalue weighted by molar-refractivity contribution is 8.00. The molecule has 0 atom stereocenters. The number of hydrogen-bond acceptors (Lipinski definition) is 7. The molecule has 0 spiro atoms. The van der Waals surface area contributed by atoms with Crippen molar-refractivity contribution in [3.63, 3.8) is 0 Å². The summed E-state index contributed by atoms with van der Waals surface area (Å²) in [5.41, 5.74) is 0. The summed E-state index contributed by atoms with van der Waals surface area (Å²) in [7, 11) is 0. The molecule has 9 heteroatoms. The van der Waals surface area contributed by atoms with Gasteiger partial charge in [-0.3, -0.25) is 14.5 Å². The van der Waals surface area contributed by atoms with E-state index in [0.717, 1.165) is 45.7 Å². The Balaban J connectivity index is 1.44. The zero-order valence-electron chi connectivity index (χ0n) is 14.6. The molecule has 0 saturated carbocycles. The van der Waals surface area contributed by atoms with Crippen molar-refractivity contribution in [2.24, 2.45) is 0 Å². The molecular weight excluding hydrogens is 344 g/mol. The molecule has 1 aromatic rings. The van der Waals surface area contributed by atoms with Crippen LogP contribution in [0.5, 0.6) is 0 Å². The Morgan fingerprint density at radius 3 is 2.72 bits per heavy atom. The van der Waals surface area contributed by atoms with Crippen LogP contribution < -0.4 is 10.6 Å².